The fourth-order valence-electron chi connectivity index (χ4n) is 1.95. The Bertz CT molecular complexity index is 392. The first kappa shape index (κ1) is 11.0. The van der Waals surface area contributed by atoms with Crippen LogP contribution in [0.1, 0.15) is 18.5 Å². The van der Waals surface area contributed by atoms with E-state index >= 15 is 0 Å². The fourth-order valence-corrected chi connectivity index (χ4v) is 1.95. The van der Waals surface area contributed by atoms with Crippen molar-refractivity contribution in [2.75, 3.05) is 13.7 Å². The van der Waals surface area contributed by atoms with E-state index in [2.05, 4.69) is 10.6 Å². The SMILES string of the molecule is COc1ccccc1C1CNC(=O)C(C)N1. The zero-order valence-corrected chi connectivity index (χ0v) is 9.49. The second-order valence-electron chi connectivity index (χ2n) is 3.93. The summed E-state index contributed by atoms with van der Waals surface area (Å²) in [4.78, 5) is 11.3. The third kappa shape index (κ3) is 2.02. The Kier molecular flexibility index (Phi) is 3.10. The molecule has 2 atom stereocenters. The highest BCUT2D eigenvalue weighted by atomic mass is 16.5. The zero-order valence-electron chi connectivity index (χ0n) is 9.49. The average molecular weight is 220 g/mol. The van der Waals surface area contributed by atoms with E-state index in [0.29, 0.717) is 6.54 Å². The zero-order chi connectivity index (χ0) is 11.5. The summed E-state index contributed by atoms with van der Waals surface area (Å²) < 4.78 is 5.31. The summed E-state index contributed by atoms with van der Waals surface area (Å²) in [6.07, 6.45) is 0. The molecule has 0 aliphatic carbocycles. The monoisotopic (exact) mass is 220 g/mol. The molecule has 1 amide bonds. The Hall–Kier alpha value is -1.55. The number of carbonyl (C=O) groups excluding carboxylic acids is 1. The Morgan fingerprint density at radius 1 is 1.38 bits per heavy atom. The summed E-state index contributed by atoms with van der Waals surface area (Å²) in [5.74, 6) is 0.898. The highest BCUT2D eigenvalue weighted by molar-refractivity contribution is 5.82. The van der Waals surface area contributed by atoms with Gasteiger partial charge in [0.25, 0.3) is 0 Å². The molecule has 0 aromatic heterocycles. The van der Waals surface area contributed by atoms with Crippen LogP contribution in [0.25, 0.3) is 0 Å². The van der Waals surface area contributed by atoms with Crippen LogP contribution in [0.15, 0.2) is 24.3 Å². The topological polar surface area (TPSA) is 50.4 Å². The van der Waals surface area contributed by atoms with Crippen LogP contribution in [0.4, 0.5) is 0 Å². The molecule has 1 aromatic carbocycles. The number of ether oxygens (including phenoxy) is 1. The molecule has 1 aliphatic heterocycles. The van der Waals surface area contributed by atoms with Gasteiger partial charge in [0.15, 0.2) is 0 Å². The number of para-hydroxylation sites is 1. The summed E-state index contributed by atoms with van der Waals surface area (Å²) in [6, 6.07) is 7.81. The van der Waals surface area contributed by atoms with Gasteiger partial charge in [0.05, 0.1) is 19.2 Å². The van der Waals surface area contributed by atoms with Gasteiger partial charge in [-0.05, 0) is 13.0 Å². The van der Waals surface area contributed by atoms with E-state index in [-0.39, 0.29) is 18.0 Å². The van der Waals surface area contributed by atoms with Crippen molar-refractivity contribution < 1.29 is 9.53 Å². The molecule has 2 unspecified atom stereocenters. The molecule has 4 nitrogen and oxygen atoms in total. The average Bonchev–Trinajstić information content (AvgIpc) is 2.32. The Morgan fingerprint density at radius 2 is 2.12 bits per heavy atom. The lowest BCUT2D eigenvalue weighted by atomic mass is 10.0. The summed E-state index contributed by atoms with van der Waals surface area (Å²) in [6.45, 7) is 2.46. The highest BCUT2D eigenvalue weighted by Gasteiger charge is 2.26. The third-order valence-corrected chi connectivity index (χ3v) is 2.84. The normalized spacial score (nSPS) is 25.0. The molecular formula is C12H16N2O2. The van der Waals surface area contributed by atoms with Crippen molar-refractivity contribution >= 4 is 5.91 Å². The molecule has 4 heteroatoms. The molecule has 0 radical (unpaired) electrons. The molecule has 1 fully saturated rings. The number of rotatable bonds is 2. The van der Waals surface area contributed by atoms with Crippen molar-refractivity contribution in [3.63, 3.8) is 0 Å². The predicted octanol–water partition coefficient (Wildman–Crippen LogP) is 0.844. The van der Waals surface area contributed by atoms with Crippen molar-refractivity contribution in [2.45, 2.75) is 19.0 Å². The van der Waals surface area contributed by atoms with Crippen molar-refractivity contribution in [1.82, 2.24) is 10.6 Å². The molecule has 1 aliphatic rings. The quantitative estimate of drug-likeness (QED) is 0.776. The first-order valence-corrected chi connectivity index (χ1v) is 5.39. The number of methoxy groups -OCH3 is 1. The molecule has 0 spiro atoms. The first-order valence-electron chi connectivity index (χ1n) is 5.39. The summed E-state index contributed by atoms with van der Waals surface area (Å²) in [5, 5.41) is 6.14. The molecular weight excluding hydrogens is 204 g/mol. The van der Waals surface area contributed by atoms with Crippen LogP contribution >= 0.6 is 0 Å². The summed E-state index contributed by atoms with van der Waals surface area (Å²) >= 11 is 0. The van der Waals surface area contributed by atoms with E-state index in [1.807, 2.05) is 31.2 Å². The molecule has 1 saturated heterocycles. The minimum Gasteiger partial charge on any atom is -0.496 e. The van der Waals surface area contributed by atoms with Gasteiger partial charge in [-0.15, -0.1) is 0 Å². The van der Waals surface area contributed by atoms with E-state index in [4.69, 9.17) is 4.74 Å². The van der Waals surface area contributed by atoms with Gasteiger partial charge < -0.3 is 10.1 Å². The number of amides is 1. The number of carbonyl (C=O) groups is 1. The maximum absolute atomic E-state index is 11.3. The Morgan fingerprint density at radius 3 is 2.81 bits per heavy atom. The van der Waals surface area contributed by atoms with Crippen molar-refractivity contribution in [3.8, 4) is 5.75 Å². The van der Waals surface area contributed by atoms with Gasteiger partial charge in [-0.3, -0.25) is 10.1 Å². The van der Waals surface area contributed by atoms with Gasteiger partial charge in [-0.2, -0.15) is 0 Å². The fraction of sp³-hybridized carbons (Fsp3) is 0.417. The van der Waals surface area contributed by atoms with Crippen LogP contribution in [0.2, 0.25) is 0 Å². The number of nitrogens with one attached hydrogen (secondary N) is 2. The first-order chi connectivity index (χ1) is 7.72. The van der Waals surface area contributed by atoms with E-state index < -0.39 is 0 Å². The Labute approximate surface area is 95.0 Å². The van der Waals surface area contributed by atoms with Gasteiger partial charge >= 0.3 is 0 Å². The number of hydrogen-bond donors (Lipinski definition) is 2. The molecule has 2 rings (SSSR count). The van der Waals surface area contributed by atoms with Crippen LogP contribution in [0.5, 0.6) is 5.75 Å². The van der Waals surface area contributed by atoms with Crippen LogP contribution in [0, 0.1) is 0 Å². The van der Waals surface area contributed by atoms with E-state index in [1.54, 1.807) is 7.11 Å². The molecule has 1 heterocycles. The van der Waals surface area contributed by atoms with Gasteiger partial charge in [-0.25, -0.2) is 0 Å². The lowest BCUT2D eigenvalue weighted by molar-refractivity contribution is -0.124. The minimum atomic E-state index is -0.163. The molecule has 2 N–H and O–H groups in total. The van der Waals surface area contributed by atoms with E-state index in [0.717, 1.165) is 11.3 Å². The minimum absolute atomic E-state index is 0.0474. The van der Waals surface area contributed by atoms with Gasteiger partial charge in [0.1, 0.15) is 5.75 Å². The molecule has 0 bridgehead atoms. The summed E-state index contributed by atoms with van der Waals surface area (Å²) in [7, 11) is 1.66. The smallest absolute Gasteiger partial charge is 0.236 e. The summed E-state index contributed by atoms with van der Waals surface area (Å²) in [5.41, 5.74) is 1.08. The molecule has 86 valence electrons. The second-order valence-corrected chi connectivity index (χ2v) is 3.93. The standard InChI is InChI=1S/C12H16N2O2/c1-8-12(15)13-7-10(14-8)9-5-3-4-6-11(9)16-2/h3-6,8,10,14H,7H2,1-2H3,(H,13,15). The Balaban J connectivity index is 2.21. The molecule has 16 heavy (non-hydrogen) atoms. The van der Waals surface area contributed by atoms with E-state index in [1.165, 1.54) is 0 Å². The van der Waals surface area contributed by atoms with Crippen LogP contribution in [-0.2, 0) is 4.79 Å². The number of benzene rings is 1. The van der Waals surface area contributed by atoms with Crippen molar-refractivity contribution in [3.05, 3.63) is 29.8 Å². The van der Waals surface area contributed by atoms with Gasteiger partial charge in [-0.1, -0.05) is 18.2 Å². The van der Waals surface area contributed by atoms with Gasteiger partial charge in [0.2, 0.25) is 5.91 Å². The van der Waals surface area contributed by atoms with Crippen molar-refractivity contribution in [1.29, 1.82) is 0 Å². The predicted molar refractivity (Wildman–Crippen MR) is 61.3 cm³/mol. The maximum Gasteiger partial charge on any atom is 0.236 e. The van der Waals surface area contributed by atoms with Crippen molar-refractivity contribution in [2.24, 2.45) is 0 Å². The van der Waals surface area contributed by atoms with Crippen LogP contribution in [-0.4, -0.2) is 25.6 Å². The lowest BCUT2D eigenvalue weighted by Crippen LogP contribution is -2.52. The highest BCUT2D eigenvalue weighted by Crippen LogP contribution is 2.25. The van der Waals surface area contributed by atoms with Crippen LogP contribution in [0.3, 0.4) is 0 Å². The third-order valence-electron chi connectivity index (χ3n) is 2.84. The lowest BCUT2D eigenvalue weighted by Gasteiger charge is -2.29. The second kappa shape index (κ2) is 4.53. The largest absolute Gasteiger partial charge is 0.496 e. The number of hydrogen-bond acceptors (Lipinski definition) is 3. The number of piperazine rings is 1. The molecule has 0 saturated carbocycles. The maximum atomic E-state index is 11.3. The van der Waals surface area contributed by atoms with Crippen LogP contribution < -0.4 is 15.4 Å². The van der Waals surface area contributed by atoms with Gasteiger partial charge in [0, 0.05) is 12.1 Å². The molecule has 1 aromatic rings. The van der Waals surface area contributed by atoms with E-state index in [9.17, 15) is 4.79 Å².